The molecule has 1 aromatic heterocycles. The second-order valence-corrected chi connectivity index (χ2v) is 4.89. The molecular weight excluding hydrogens is 224 g/mol. The number of nitrogens with zero attached hydrogens (tertiary/aromatic N) is 2. The van der Waals surface area contributed by atoms with Gasteiger partial charge in [-0.25, -0.2) is 4.98 Å². The van der Waals surface area contributed by atoms with Crippen LogP contribution in [0.5, 0.6) is 0 Å². The first-order chi connectivity index (χ1) is 7.83. The number of thiazole rings is 1. The molecule has 1 aliphatic heterocycles. The maximum Gasteiger partial charge on any atom is 0.283 e. The van der Waals surface area contributed by atoms with E-state index in [4.69, 9.17) is 5.11 Å². The number of hydrogen-bond donors (Lipinski definition) is 1. The van der Waals surface area contributed by atoms with E-state index in [2.05, 4.69) is 4.98 Å². The summed E-state index contributed by atoms with van der Waals surface area (Å²) in [5, 5.41) is 11.4. The molecule has 0 aromatic carbocycles. The molecule has 5 heteroatoms. The van der Waals surface area contributed by atoms with Gasteiger partial charge in [0.05, 0.1) is 0 Å². The molecule has 0 radical (unpaired) electrons. The van der Waals surface area contributed by atoms with Crippen LogP contribution in [0.1, 0.15) is 35.5 Å². The van der Waals surface area contributed by atoms with Crippen LogP contribution in [-0.2, 0) is 0 Å². The van der Waals surface area contributed by atoms with Gasteiger partial charge in [0.25, 0.3) is 5.91 Å². The molecule has 1 aliphatic rings. The van der Waals surface area contributed by atoms with Gasteiger partial charge in [-0.15, -0.1) is 11.3 Å². The minimum absolute atomic E-state index is 0.0214. The lowest BCUT2D eigenvalue weighted by Crippen LogP contribution is -2.44. The first-order valence-corrected chi connectivity index (χ1v) is 6.52. The van der Waals surface area contributed by atoms with Gasteiger partial charge < -0.3 is 10.0 Å². The smallest absolute Gasteiger partial charge is 0.283 e. The molecule has 0 aliphatic carbocycles. The molecule has 1 atom stereocenters. The van der Waals surface area contributed by atoms with E-state index in [1.165, 1.54) is 11.3 Å². The standard InChI is InChI=1S/C11H16N2O2S/c14-7-4-9-3-1-2-6-13(9)11(15)10-12-5-8-16-10/h5,8-9,14H,1-4,6-7H2. The number of hydrogen-bond acceptors (Lipinski definition) is 4. The topological polar surface area (TPSA) is 53.4 Å². The number of amides is 1. The summed E-state index contributed by atoms with van der Waals surface area (Å²) < 4.78 is 0. The largest absolute Gasteiger partial charge is 0.396 e. The summed E-state index contributed by atoms with van der Waals surface area (Å²) in [6.07, 6.45) is 5.53. The van der Waals surface area contributed by atoms with Crippen LogP contribution < -0.4 is 0 Å². The summed E-state index contributed by atoms with van der Waals surface area (Å²) >= 11 is 1.38. The number of aromatic nitrogens is 1. The van der Waals surface area contributed by atoms with E-state index in [0.29, 0.717) is 11.4 Å². The number of likely N-dealkylation sites (tertiary alicyclic amines) is 1. The van der Waals surface area contributed by atoms with E-state index >= 15 is 0 Å². The summed E-state index contributed by atoms with van der Waals surface area (Å²) in [7, 11) is 0. The highest BCUT2D eigenvalue weighted by molar-refractivity contribution is 7.11. The van der Waals surface area contributed by atoms with Crippen LogP contribution in [-0.4, -0.2) is 40.1 Å². The Bertz CT molecular complexity index is 338. The van der Waals surface area contributed by atoms with Crippen LogP contribution in [0, 0.1) is 0 Å². The van der Waals surface area contributed by atoms with Crippen LogP contribution in [0.2, 0.25) is 0 Å². The normalized spacial score (nSPS) is 21.1. The first kappa shape index (κ1) is 11.5. The van der Waals surface area contributed by atoms with E-state index in [9.17, 15) is 4.79 Å². The lowest BCUT2D eigenvalue weighted by Gasteiger charge is -2.34. The van der Waals surface area contributed by atoms with Crippen LogP contribution in [0.4, 0.5) is 0 Å². The SMILES string of the molecule is O=C(c1nccs1)N1CCCCC1CCO. The van der Waals surface area contributed by atoms with Crippen LogP contribution in [0.15, 0.2) is 11.6 Å². The number of piperidine rings is 1. The van der Waals surface area contributed by atoms with Gasteiger partial charge >= 0.3 is 0 Å². The van der Waals surface area contributed by atoms with Gasteiger partial charge in [0.2, 0.25) is 0 Å². The Labute approximate surface area is 98.9 Å². The van der Waals surface area contributed by atoms with Gasteiger partial charge in [0, 0.05) is 30.8 Å². The summed E-state index contributed by atoms with van der Waals surface area (Å²) in [5.74, 6) is 0.0214. The summed E-state index contributed by atoms with van der Waals surface area (Å²) in [4.78, 5) is 18.1. The average Bonchev–Trinajstić information content (AvgIpc) is 2.83. The Morgan fingerprint density at radius 1 is 1.62 bits per heavy atom. The lowest BCUT2D eigenvalue weighted by molar-refractivity contribution is 0.0574. The van der Waals surface area contributed by atoms with E-state index in [-0.39, 0.29) is 18.6 Å². The Balaban J connectivity index is 2.08. The molecule has 1 saturated heterocycles. The molecular formula is C11H16N2O2S. The molecule has 1 N–H and O–H groups in total. The molecule has 88 valence electrons. The molecule has 0 saturated carbocycles. The van der Waals surface area contributed by atoms with Crippen molar-refractivity contribution in [1.82, 2.24) is 9.88 Å². The number of rotatable bonds is 3. The third-order valence-electron chi connectivity index (χ3n) is 2.97. The Morgan fingerprint density at radius 2 is 2.50 bits per heavy atom. The van der Waals surface area contributed by atoms with Gasteiger partial charge in [-0.3, -0.25) is 4.79 Å². The third-order valence-corrected chi connectivity index (χ3v) is 3.73. The van der Waals surface area contributed by atoms with Crippen molar-refractivity contribution in [2.75, 3.05) is 13.2 Å². The highest BCUT2D eigenvalue weighted by Crippen LogP contribution is 2.22. The average molecular weight is 240 g/mol. The fraction of sp³-hybridized carbons (Fsp3) is 0.636. The van der Waals surface area contributed by atoms with Crippen molar-refractivity contribution in [3.63, 3.8) is 0 Å². The number of aliphatic hydroxyl groups is 1. The predicted molar refractivity (Wildman–Crippen MR) is 62.5 cm³/mol. The van der Waals surface area contributed by atoms with E-state index in [1.807, 2.05) is 10.3 Å². The van der Waals surface area contributed by atoms with Gasteiger partial charge in [-0.05, 0) is 25.7 Å². The molecule has 16 heavy (non-hydrogen) atoms. The van der Waals surface area contributed by atoms with Gasteiger partial charge in [0.1, 0.15) is 0 Å². The van der Waals surface area contributed by atoms with Crippen molar-refractivity contribution < 1.29 is 9.90 Å². The molecule has 2 heterocycles. The van der Waals surface area contributed by atoms with Crippen molar-refractivity contribution >= 4 is 17.2 Å². The number of carbonyl (C=O) groups excluding carboxylic acids is 1. The predicted octanol–water partition coefficient (Wildman–Crippen LogP) is 1.52. The van der Waals surface area contributed by atoms with Crippen molar-refractivity contribution in [2.45, 2.75) is 31.7 Å². The molecule has 1 unspecified atom stereocenters. The van der Waals surface area contributed by atoms with E-state index < -0.39 is 0 Å². The van der Waals surface area contributed by atoms with Crippen LogP contribution >= 0.6 is 11.3 Å². The second-order valence-electron chi connectivity index (χ2n) is 4.00. The van der Waals surface area contributed by atoms with Gasteiger partial charge in [-0.1, -0.05) is 0 Å². The zero-order chi connectivity index (χ0) is 11.4. The highest BCUT2D eigenvalue weighted by Gasteiger charge is 2.28. The molecule has 0 bridgehead atoms. The van der Waals surface area contributed by atoms with Crippen molar-refractivity contribution in [2.24, 2.45) is 0 Å². The maximum atomic E-state index is 12.1. The van der Waals surface area contributed by atoms with Gasteiger partial charge in [-0.2, -0.15) is 0 Å². The zero-order valence-electron chi connectivity index (χ0n) is 9.13. The second kappa shape index (κ2) is 5.41. The summed E-state index contributed by atoms with van der Waals surface area (Å²) in [6.45, 7) is 0.940. The molecule has 0 spiro atoms. The zero-order valence-corrected chi connectivity index (χ0v) is 9.95. The number of aliphatic hydroxyl groups excluding tert-OH is 1. The van der Waals surface area contributed by atoms with Crippen molar-refractivity contribution in [3.8, 4) is 0 Å². The molecule has 1 fully saturated rings. The summed E-state index contributed by atoms with van der Waals surface area (Å²) in [5.41, 5.74) is 0. The molecule has 2 rings (SSSR count). The van der Waals surface area contributed by atoms with E-state index in [1.54, 1.807) is 6.20 Å². The number of carbonyl (C=O) groups is 1. The monoisotopic (exact) mass is 240 g/mol. The van der Waals surface area contributed by atoms with Gasteiger partial charge in [0.15, 0.2) is 5.01 Å². The lowest BCUT2D eigenvalue weighted by atomic mass is 9.99. The fourth-order valence-electron chi connectivity index (χ4n) is 2.17. The minimum atomic E-state index is 0.0214. The fourth-order valence-corrected chi connectivity index (χ4v) is 2.76. The minimum Gasteiger partial charge on any atom is -0.396 e. The van der Waals surface area contributed by atoms with Crippen molar-refractivity contribution in [1.29, 1.82) is 0 Å². The van der Waals surface area contributed by atoms with Crippen molar-refractivity contribution in [3.05, 3.63) is 16.6 Å². The molecule has 4 nitrogen and oxygen atoms in total. The Morgan fingerprint density at radius 3 is 3.19 bits per heavy atom. The van der Waals surface area contributed by atoms with Crippen LogP contribution in [0.25, 0.3) is 0 Å². The molecule has 1 amide bonds. The first-order valence-electron chi connectivity index (χ1n) is 5.64. The Kier molecular flexibility index (Phi) is 3.90. The van der Waals surface area contributed by atoms with Crippen LogP contribution in [0.3, 0.4) is 0 Å². The highest BCUT2D eigenvalue weighted by atomic mass is 32.1. The van der Waals surface area contributed by atoms with E-state index in [0.717, 1.165) is 25.8 Å². The molecule has 1 aromatic rings. The maximum absolute atomic E-state index is 12.1. The summed E-state index contributed by atoms with van der Waals surface area (Å²) in [6, 6.07) is 0.190. The quantitative estimate of drug-likeness (QED) is 0.871. The third kappa shape index (κ3) is 2.41. The Hall–Kier alpha value is -0.940.